The lowest BCUT2D eigenvalue weighted by Gasteiger charge is -2.41. The fourth-order valence-corrected chi connectivity index (χ4v) is 5.26. The molecular formula is C34H51N7O2. The number of rotatable bonds is 11. The molecule has 2 aromatic heterocycles. The van der Waals surface area contributed by atoms with Gasteiger partial charge in [0.1, 0.15) is 5.65 Å². The topological polar surface area (TPSA) is 86.6 Å². The molecule has 2 unspecified atom stereocenters. The maximum absolute atomic E-state index is 12.7. The monoisotopic (exact) mass is 589 g/mol. The highest BCUT2D eigenvalue weighted by molar-refractivity contribution is 5.87. The van der Waals surface area contributed by atoms with Crippen molar-refractivity contribution in [3.8, 4) is 0 Å². The zero-order chi connectivity index (χ0) is 31.5. The number of carbonyl (C=O) groups excluding carboxylic acids is 1. The number of aryl methyl sites for hydroxylation is 1. The van der Waals surface area contributed by atoms with Crippen molar-refractivity contribution in [3.63, 3.8) is 0 Å². The number of fused-ring (bicyclic) bond motifs is 1. The van der Waals surface area contributed by atoms with Gasteiger partial charge in [0.25, 0.3) is 5.56 Å². The second-order valence-electron chi connectivity index (χ2n) is 11.6. The number of hydrogen-bond donors (Lipinski definition) is 1. The van der Waals surface area contributed by atoms with Gasteiger partial charge in [0.15, 0.2) is 0 Å². The van der Waals surface area contributed by atoms with E-state index >= 15 is 0 Å². The number of carbonyl (C=O) groups is 1. The number of benzene rings is 1. The fourth-order valence-electron chi connectivity index (χ4n) is 5.26. The maximum atomic E-state index is 12.7. The molecule has 1 fully saturated rings. The third-order valence-electron chi connectivity index (χ3n) is 8.78. The van der Waals surface area contributed by atoms with Crippen LogP contribution in [0.1, 0.15) is 59.4 Å². The second kappa shape index (κ2) is 16.3. The summed E-state index contributed by atoms with van der Waals surface area (Å²) in [6, 6.07) is 13.0. The van der Waals surface area contributed by atoms with E-state index in [4.69, 9.17) is 0 Å². The van der Waals surface area contributed by atoms with E-state index in [1.807, 2.05) is 36.1 Å². The highest BCUT2D eigenvalue weighted by atomic mass is 16.2. The molecule has 3 atom stereocenters. The predicted octanol–water partition coefficient (Wildman–Crippen LogP) is 5.47. The summed E-state index contributed by atoms with van der Waals surface area (Å²) in [6.45, 7) is 20.1. The Hall–Kier alpha value is -3.56. The zero-order valence-corrected chi connectivity index (χ0v) is 27.2. The van der Waals surface area contributed by atoms with Crippen LogP contribution >= 0.6 is 0 Å². The molecule has 0 aliphatic carbocycles. The molecule has 0 spiro atoms. The van der Waals surface area contributed by atoms with Crippen molar-refractivity contribution in [3.05, 3.63) is 71.2 Å². The lowest BCUT2D eigenvalue weighted by molar-refractivity contribution is -0.129. The number of pyridine rings is 1. The van der Waals surface area contributed by atoms with E-state index in [2.05, 4.69) is 73.3 Å². The van der Waals surface area contributed by atoms with Gasteiger partial charge in [-0.3, -0.25) is 19.1 Å². The van der Waals surface area contributed by atoms with Crippen LogP contribution in [0, 0.1) is 6.92 Å². The third-order valence-corrected chi connectivity index (χ3v) is 8.78. The van der Waals surface area contributed by atoms with Crippen molar-refractivity contribution in [1.29, 1.82) is 0 Å². The molecule has 1 amide bonds. The molecule has 1 aliphatic rings. The van der Waals surface area contributed by atoms with Gasteiger partial charge in [-0.2, -0.15) is 4.98 Å². The van der Waals surface area contributed by atoms with Crippen molar-refractivity contribution in [2.75, 3.05) is 38.5 Å². The Morgan fingerprint density at radius 2 is 1.74 bits per heavy atom. The first-order valence-corrected chi connectivity index (χ1v) is 15.7. The molecule has 1 saturated heterocycles. The van der Waals surface area contributed by atoms with E-state index in [0.717, 1.165) is 36.1 Å². The lowest BCUT2D eigenvalue weighted by Crippen LogP contribution is -2.55. The minimum Gasteiger partial charge on any atom is -0.336 e. The number of aromatic nitrogens is 3. The summed E-state index contributed by atoms with van der Waals surface area (Å²) in [5.41, 5.74) is 2.59. The van der Waals surface area contributed by atoms with E-state index in [1.165, 1.54) is 24.5 Å². The molecule has 1 N–H and O–H groups in total. The summed E-state index contributed by atoms with van der Waals surface area (Å²) < 4.78 is 1.71. The van der Waals surface area contributed by atoms with Gasteiger partial charge in [-0.25, -0.2) is 4.98 Å². The highest BCUT2D eigenvalue weighted by Gasteiger charge is 2.27. The summed E-state index contributed by atoms with van der Waals surface area (Å²) in [5.74, 6) is 0.428. The van der Waals surface area contributed by atoms with Crippen LogP contribution in [0.25, 0.3) is 11.0 Å². The molecule has 1 aliphatic heterocycles. The van der Waals surface area contributed by atoms with Crippen LogP contribution in [0.4, 0.5) is 11.6 Å². The smallest absolute Gasteiger partial charge is 0.252 e. The van der Waals surface area contributed by atoms with E-state index in [-0.39, 0.29) is 17.5 Å². The minimum atomic E-state index is -0.0870. The summed E-state index contributed by atoms with van der Waals surface area (Å²) in [7, 11) is 2.21. The summed E-state index contributed by atoms with van der Waals surface area (Å²) >= 11 is 0. The maximum Gasteiger partial charge on any atom is 0.252 e. The molecule has 9 nitrogen and oxygen atoms in total. The molecule has 3 aromatic rings. The van der Waals surface area contributed by atoms with Crippen LogP contribution in [-0.4, -0.2) is 86.5 Å². The molecule has 4 rings (SSSR count). The minimum absolute atomic E-state index is 0.0244. The van der Waals surface area contributed by atoms with Gasteiger partial charge in [-0.15, -0.1) is 0 Å². The molecule has 3 heterocycles. The Morgan fingerprint density at radius 3 is 2.35 bits per heavy atom. The van der Waals surface area contributed by atoms with Crippen LogP contribution < -0.4 is 10.9 Å². The normalized spacial score (nSPS) is 16.8. The van der Waals surface area contributed by atoms with E-state index in [1.54, 1.807) is 22.9 Å². The van der Waals surface area contributed by atoms with Crippen LogP contribution in [0.5, 0.6) is 0 Å². The standard InChI is InChI=1S/C25H30N6O2.C9H21N/c1-4-21-17-30(22(32)5-2)13-12-29(21)14-15-31-23(33)11-8-19-16-26-25(28-24(19)31)27-20-9-6-18(3)7-10-20;1-6-8(3)10(5)9(4)7-2/h5-11,16,21H,2,4,12-15,17H2,1,3H3,(H,26,27,28);8-9H,6-7H2,1-5H3/t;8-,9?/m.1/s1. The second-order valence-corrected chi connectivity index (χ2v) is 11.6. The Bertz CT molecular complexity index is 1380. The van der Waals surface area contributed by atoms with E-state index < -0.39 is 0 Å². The van der Waals surface area contributed by atoms with Crippen molar-refractivity contribution < 1.29 is 4.79 Å². The molecule has 0 radical (unpaired) electrons. The molecular weight excluding hydrogens is 538 g/mol. The summed E-state index contributed by atoms with van der Waals surface area (Å²) in [6.07, 6.45) is 6.54. The van der Waals surface area contributed by atoms with Gasteiger partial charge < -0.3 is 15.1 Å². The van der Waals surface area contributed by atoms with Crippen LogP contribution in [0.2, 0.25) is 0 Å². The average molecular weight is 590 g/mol. The highest BCUT2D eigenvalue weighted by Crippen LogP contribution is 2.18. The lowest BCUT2D eigenvalue weighted by atomic mass is 10.1. The molecule has 43 heavy (non-hydrogen) atoms. The quantitative estimate of drug-likeness (QED) is 0.297. The van der Waals surface area contributed by atoms with Gasteiger partial charge >= 0.3 is 0 Å². The summed E-state index contributed by atoms with van der Waals surface area (Å²) in [4.78, 5) is 40.5. The van der Waals surface area contributed by atoms with Gasteiger partial charge in [0, 0.05) is 74.2 Å². The van der Waals surface area contributed by atoms with Crippen molar-refractivity contribution in [2.24, 2.45) is 0 Å². The summed E-state index contributed by atoms with van der Waals surface area (Å²) in [5, 5.41) is 4.04. The Morgan fingerprint density at radius 1 is 1.07 bits per heavy atom. The van der Waals surface area contributed by atoms with E-state index in [0.29, 0.717) is 37.8 Å². The SMILES string of the molecule is C=CC(=O)N1CCN(CCn2c(=O)ccc3cnc(Nc4ccc(C)cc4)nc32)C(CC)C1.CCC(C)N(C)[C@H](C)CC. The molecule has 0 bridgehead atoms. The van der Waals surface area contributed by atoms with Crippen molar-refractivity contribution in [1.82, 2.24) is 29.2 Å². The number of anilines is 2. The largest absolute Gasteiger partial charge is 0.336 e. The number of piperazine rings is 1. The van der Waals surface area contributed by atoms with E-state index in [9.17, 15) is 9.59 Å². The number of hydrogen-bond acceptors (Lipinski definition) is 7. The van der Waals surface area contributed by atoms with Gasteiger partial charge in [0.05, 0.1) is 0 Å². The van der Waals surface area contributed by atoms with Gasteiger partial charge in [-0.05, 0) is 71.4 Å². The van der Waals surface area contributed by atoms with Gasteiger partial charge in [0.2, 0.25) is 11.9 Å². The molecule has 1 aromatic carbocycles. The Labute approximate surface area is 257 Å². The average Bonchev–Trinajstić information content (AvgIpc) is 3.04. The number of nitrogens with zero attached hydrogens (tertiary/aromatic N) is 6. The van der Waals surface area contributed by atoms with Gasteiger partial charge in [-0.1, -0.05) is 45.0 Å². The first kappa shape index (κ1) is 33.9. The Kier molecular flexibility index (Phi) is 12.9. The molecule has 234 valence electrons. The predicted molar refractivity (Wildman–Crippen MR) is 178 cm³/mol. The van der Waals surface area contributed by atoms with Crippen molar-refractivity contribution in [2.45, 2.75) is 85.5 Å². The van der Waals surface area contributed by atoms with Crippen molar-refractivity contribution >= 4 is 28.6 Å². The molecule has 0 saturated carbocycles. The van der Waals surface area contributed by atoms with Crippen LogP contribution in [-0.2, 0) is 11.3 Å². The number of nitrogens with one attached hydrogen (secondary N) is 1. The zero-order valence-electron chi connectivity index (χ0n) is 27.2. The molecule has 9 heteroatoms. The first-order chi connectivity index (χ1) is 20.6. The first-order valence-electron chi connectivity index (χ1n) is 15.7. The number of amides is 1. The fraction of sp³-hybridized carbons (Fsp3) is 0.529. The van der Waals surface area contributed by atoms with Crippen LogP contribution in [0.15, 0.2) is 60.0 Å². The van der Waals surface area contributed by atoms with Crippen LogP contribution in [0.3, 0.4) is 0 Å². The Balaban J connectivity index is 0.000000436. The third kappa shape index (κ3) is 9.21.